The highest BCUT2D eigenvalue weighted by molar-refractivity contribution is 5.89. The second-order valence-corrected chi connectivity index (χ2v) is 5.43. The number of benzene rings is 2. The van der Waals surface area contributed by atoms with Crippen molar-refractivity contribution in [3.8, 4) is 0 Å². The molecule has 0 saturated heterocycles. The van der Waals surface area contributed by atoms with Gasteiger partial charge in [-0.3, -0.25) is 0 Å². The predicted octanol–water partition coefficient (Wildman–Crippen LogP) is 3.98. The van der Waals surface area contributed by atoms with E-state index < -0.39 is 0 Å². The summed E-state index contributed by atoms with van der Waals surface area (Å²) in [6.45, 7) is 6.76. The van der Waals surface area contributed by atoms with Gasteiger partial charge in [0.15, 0.2) is 0 Å². The van der Waals surface area contributed by atoms with Crippen molar-refractivity contribution in [1.29, 1.82) is 0 Å². The molecule has 0 heterocycles. The van der Waals surface area contributed by atoms with Crippen LogP contribution in [0.2, 0.25) is 0 Å². The number of nitrogens with one attached hydrogen (secondary N) is 2. The fraction of sp³-hybridized carbons (Fsp3) is 0.278. The molecule has 0 bridgehead atoms. The summed E-state index contributed by atoms with van der Waals surface area (Å²) in [5.74, 6) is 0. The molecule has 110 valence electrons. The molecule has 2 aromatic rings. The van der Waals surface area contributed by atoms with E-state index in [-0.39, 0.29) is 6.03 Å². The molecule has 0 fully saturated rings. The van der Waals surface area contributed by atoms with Crippen molar-refractivity contribution < 1.29 is 4.79 Å². The van der Waals surface area contributed by atoms with E-state index in [1.165, 1.54) is 11.1 Å². The topological polar surface area (TPSA) is 41.1 Å². The van der Waals surface area contributed by atoms with Crippen LogP contribution in [0.5, 0.6) is 0 Å². The van der Waals surface area contributed by atoms with Crippen LogP contribution in [0.1, 0.15) is 22.3 Å². The quantitative estimate of drug-likeness (QED) is 0.875. The molecular formula is C18H22N2O. The first-order valence-electron chi connectivity index (χ1n) is 7.22. The Hall–Kier alpha value is -2.29. The van der Waals surface area contributed by atoms with Crippen LogP contribution in [-0.2, 0) is 6.42 Å². The molecule has 2 amide bonds. The molecule has 2 aromatic carbocycles. The SMILES string of the molecule is Cc1cc(C)cc(NC(=O)NCCc2ccccc2C)c1. The maximum atomic E-state index is 11.9. The van der Waals surface area contributed by atoms with Gasteiger partial charge in [-0.1, -0.05) is 30.3 Å². The third kappa shape index (κ3) is 4.63. The summed E-state index contributed by atoms with van der Waals surface area (Å²) in [4.78, 5) is 11.9. The van der Waals surface area contributed by atoms with Crippen LogP contribution in [0.25, 0.3) is 0 Å². The van der Waals surface area contributed by atoms with Crippen LogP contribution in [-0.4, -0.2) is 12.6 Å². The van der Waals surface area contributed by atoms with Gasteiger partial charge >= 0.3 is 6.03 Å². The van der Waals surface area contributed by atoms with Crippen LogP contribution in [0.3, 0.4) is 0 Å². The van der Waals surface area contributed by atoms with Crippen molar-refractivity contribution in [2.24, 2.45) is 0 Å². The number of aryl methyl sites for hydroxylation is 3. The second kappa shape index (κ2) is 6.93. The zero-order valence-electron chi connectivity index (χ0n) is 12.9. The van der Waals surface area contributed by atoms with E-state index in [2.05, 4.69) is 35.8 Å². The Morgan fingerprint density at radius 3 is 2.33 bits per heavy atom. The van der Waals surface area contributed by atoms with Gasteiger partial charge in [0.1, 0.15) is 0 Å². The van der Waals surface area contributed by atoms with Crippen LogP contribution in [0.4, 0.5) is 10.5 Å². The first kappa shape index (κ1) is 15.1. The van der Waals surface area contributed by atoms with Gasteiger partial charge in [-0.15, -0.1) is 0 Å². The van der Waals surface area contributed by atoms with Gasteiger partial charge < -0.3 is 10.6 Å². The molecule has 0 atom stereocenters. The van der Waals surface area contributed by atoms with Gasteiger partial charge in [0.05, 0.1) is 0 Å². The number of hydrogen-bond donors (Lipinski definition) is 2. The first-order chi connectivity index (χ1) is 10.0. The molecule has 21 heavy (non-hydrogen) atoms. The van der Waals surface area contributed by atoms with Crippen molar-refractivity contribution in [2.45, 2.75) is 27.2 Å². The fourth-order valence-electron chi connectivity index (χ4n) is 2.42. The maximum Gasteiger partial charge on any atom is 0.319 e. The normalized spacial score (nSPS) is 10.2. The second-order valence-electron chi connectivity index (χ2n) is 5.43. The molecule has 0 spiro atoms. The summed E-state index contributed by atoms with van der Waals surface area (Å²) in [7, 11) is 0. The number of anilines is 1. The van der Waals surface area contributed by atoms with Gasteiger partial charge in [-0.2, -0.15) is 0 Å². The average molecular weight is 282 g/mol. The van der Waals surface area contributed by atoms with Crippen LogP contribution in [0.15, 0.2) is 42.5 Å². The maximum absolute atomic E-state index is 11.9. The summed E-state index contributed by atoms with van der Waals surface area (Å²) < 4.78 is 0. The third-order valence-electron chi connectivity index (χ3n) is 3.42. The lowest BCUT2D eigenvalue weighted by atomic mass is 10.1. The van der Waals surface area contributed by atoms with E-state index >= 15 is 0 Å². The van der Waals surface area contributed by atoms with E-state index in [1.54, 1.807) is 0 Å². The highest BCUT2D eigenvalue weighted by Gasteiger charge is 2.03. The number of carbonyl (C=O) groups excluding carboxylic acids is 1. The summed E-state index contributed by atoms with van der Waals surface area (Å²) in [6.07, 6.45) is 0.840. The summed E-state index contributed by atoms with van der Waals surface area (Å²) in [5, 5.41) is 5.77. The summed E-state index contributed by atoms with van der Waals surface area (Å²) in [5.41, 5.74) is 5.65. The smallest absolute Gasteiger partial charge is 0.319 e. The van der Waals surface area contributed by atoms with Gasteiger partial charge in [0, 0.05) is 12.2 Å². The molecule has 2 N–H and O–H groups in total. The Kier molecular flexibility index (Phi) is 4.99. The standard InChI is InChI=1S/C18H22N2O/c1-13-10-14(2)12-17(11-13)20-18(21)19-9-8-16-7-5-4-6-15(16)3/h4-7,10-12H,8-9H2,1-3H3,(H2,19,20,21). The minimum atomic E-state index is -0.159. The van der Waals surface area contributed by atoms with Crippen LogP contribution >= 0.6 is 0 Å². The zero-order chi connectivity index (χ0) is 15.2. The highest BCUT2D eigenvalue weighted by atomic mass is 16.2. The molecule has 0 saturated carbocycles. The Morgan fingerprint density at radius 1 is 1.00 bits per heavy atom. The van der Waals surface area contributed by atoms with E-state index in [0.717, 1.165) is 23.2 Å². The van der Waals surface area contributed by atoms with Gasteiger partial charge in [0.25, 0.3) is 0 Å². The Morgan fingerprint density at radius 2 is 1.67 bits per heavy atom. The first-order valence-corrected chi connectivity index (χ1v) is 7.22. The lowest BCUT2D eigenvalue weighted by molar-refractivity contribution is 0.252. The van der Waals surface area contributed by atoms with Crippen LogP contribution in [0, 0.1) is 20.8 Å². The number of urea groups is 1. The lowest BCUT2D eigenvalue weighted by Gasteiger charge is -2.10. The molecule has 3 nitrogen and oxygen atoms in total. The average Bonchev–Trinajstić information content (AvgIpc) is 2.39. The number of carbonyl (C=O) groups is 1. The largest absolute Gasteiger partial charge is 0.338 e. The van der Waals surface area contributed by atoms with Gasteiger partial charge in [0.2, 0.25) is 0 Å². The van der Waals surface area contributed by atoms with E-state index in [0.29, 0.717) is 6.54 Å². The summed E-state index contributed by atoms with van der Waals surface area (Å²) in [6, 6.07) is 14.1. The Labute approximate surface area is 126 Å². The fourth-order valence-corrected chi connectivity index (χ4v) is 2.42. The van der Waals surface area contributed by atoms with Crippen molar-refractivity contribution >= 4 is 11.7 Å². The highest BCUT2D eigenvalue weighted by Crippen LogP contribution is 2.13. The minimum Gasteiger partial charge on any atom is -0.338 e. The molecule has 3 heteroatoms. The molecule has 0 aromatic heterocycles. The monoisotopic (exact) mass is 282 g/mol. The number of hydrogen-bond acceptors (Lipinski definition) is 1. The summed E-state index contributed by atoms with van der Waals surface area (Å²) >= 11 is 0. The van der Waals surface area contributed by atoms with Crippen molar-refractivity contribution in [3.05, 3.63) is 64.7 Å². The van der Waals surface area contributed by atoms with Gasteiger partial charge in [-0.25, -0.2) is 4.79 Å². The third-order valence-corrected chi connectivity index (χ3v) is 3.42. The molecule has 0 aliphatic carbocycles. The number of rotatable bonds is 4. The Balaban J connectivity index is 1.84. The zero-order valence-corrected chi connectivity index (χ0v) is 12.9. The van der Waals surface area contributed by atoms with E-state index in [1.807, 2.05) is 38.1 Å². The lowest BCUT2D eigenvalue weighted by Crippen LogP contribution is -2.30. The van der Waals surface area contributed by atoms with Crippen molar-refractivity contribution in [2.75, 3.05) is 11.9 Å². The Bertz CT molecular complexity index is 615. The molecule has 0 unspecified atom stereocenters. The van der Waals surface area contributed by atoms with Crippen molar-refractivity contribution in [3.63, 3.8) is 0 Å². The van der Waals surface area contributed by atoms with E-state index in [9.17, 15) is 4.79 Å². The molecule has 0 aliphatic rings. The van der Waals surface area contributed by atoms with E-state index in [4.69, 9.17) is 0 Å². The van der Waals surface area contributed by atoms with Crippen molar-refractivity contribution in [1.82, 2.24) is 5.32 Å². The number of amides is 2. The molecule has 0 aliphatic heterocycles. The molecule has 2 rings (SSSR count). The van der Waals surface area contributed by atoms with Crippen LogP contribution < -0.4 is 10.6 Å². The molecule has 0 radical (unpaired) electrons. The predicted molar refractivity (Wildman–Crippen MR) is 87.8 cm³/mol. The minimum absolute atomic E-state index is 0.159. The molecular weight excluding hydrogens is 260 g/mol. The van der Waals surface area contributed by atoms with Gasteiger partial charge in [-0.05, 0) is 61.6 Å².